The van der Waals surface area contributed by atoms with E-state index in [9.17, 15) is 14.4 Å². The summed E-state index contributed by atoms with van der Waals surface area (Å²) in [6.45, 7) is 3.34. The third-order valence-electron chi connectivity index (χ3n) is 4.92. The molecule has 6 heteroatoms. The molecule has 1 aromatic heterocycles. The van der Waals surface area contributed by atoms with E-state index in [4.69, 9.17) is 0 Å². The van der Waals surface area contributed by atoms with Gasteiger partial charge in [-0.1, -0.05) is 42.5 Å². The number of Topliss-reactive ketones (excluding diaryl/α,β-unsaturated/α-hetero) is 1. The van der Waals surface area contributed by atoms with E-state index in [1.165, 1.54) is 11.3 Å². The molecule has 27 heavy (non-hydrogen) atoms. The van der Waals surface area contributed by atoms with Crippen LogP contribution >= 0.6 is 11.3 Å². The predicted molar refractivity (Wildman–Crippen MR) is 105 cm³/mol. The third kappa shape index (κ3) is 2.82. The Labute approximate surface area is 160 Å². The zero-order valence-corrected chi connectivity index (χ0v) is 15.8. The number of carbonyl (C=O) groups excluding carboxylic acids is 3. The largest absolute Gasteiger partial charge is 0.325 e. The van der Waals surface area contributed by atoms with E-state index in [0.29, 0.717) is 4.88 Å². The van der Waals surface area contributed by atoms with Gasteiger partial charge in [-0.15, -0.1) is 11.3 Å². The predicted octanol–water partition coefficient (Wildman–Crippen LogP) is 3.86. The van der Waals surface area contributed by atoms with Crippen LogP contribution in [0.3, 0.4) is 0 Å². The van der Waals surface area contributed by atoms with Gasteiger partial charge >= 0.3 is 6.03 Å². The van der Waals surface area contributed by atoms with E-state index in [2.05, 4.69) is 5.32 Å². The maximum atomic E-state index is 13.1. The fraction of sp³-hybridized carbons (Fsp3) is 0.190. The van der Waals surface area contributed by atoms with E-state index in [1.807, 2.05) is 55.5 Å². The Kier molecular flexibility index (Phi) is 4.08. The molecule has 136 valence electrons. The average molecular weight is 378 g/mol. The third-order valence-corrected chi connectivity index (χ3v) is 5.96. The van der Waals surface area contributed by atoms with Gasteiger partial charge in [-0.25, -0.2) is 4.79 Å². The lowest BCUT2D eigenvalue weighted by molar-refractivity contribution is -0.130. The maximum Gasteiger partial charge on any atom is 0.325 e. The van der Waals surface area contributed by atoms with Gasteiger partial charge in [0.05, 0.1) is 11.4 Å². The molecule has 4 rings (SSSR count). The molecular weight excluding hydrogens is 360 g/mol. The summed E-state index contributed by atoms with van der Waals surface area (Å²) in [7, 11) is 0. The van der Waals surface area contributed by atoms with Crippen molar-refractivity contribution in [3.63, 3.8) is 0 Å². The Morgan fingerprint density at radius 3 is 2.56 bits per heavy atom. The van der Waals surface area contributed by atoms with Crippen LogP contribution in [0.2, 0.25) is 0 Å². The molecule has 3 amide bonds. The second-order valence-electron chi connectivity index (χ2n) is 6.81. The first-order valence-corrected chi connectivity index (χ1v) is 9.44. The number of carbonyl (C=O) groups is 3. The van der Waals surface area contributed by atoms with Crippen LogP contribution in [0.4, 0.5) is 4.79 Å². The number of nitrogens with one attached hydrogen (secondary N) is 1. The number of benzene rings is 2. The van der Waals surface area contributed by atoms with E-state index in [-0.39, 0.29) is 12.3 Å². The number of rotatable bonds is 4. The highest BCUT2D eigenvalue weighted by Crippen LogP contribution is 2.34. The molecule has 0 radical (unpaired) electrons. The number of fused-ring (bicyclic) bond motifs is 1. The summed E-state index contributed by atoms with van der Waals surface area (Å²) in [4.78, 5) is 40.7. The second-order valence-corrected chi connectivity index (χ2v) is 8.09. The summed E-state index contributed by atoms with van der Waals surface area (Å²) in [5, 5.41) is 4.68. The van der Waals surface area contributed by atoms with Gasteiger partial charge in [-0.2, -0.15) is 0 Å². The van der Waals surface area contributed by atoms with Gasteiger partial charge in [0.15, 0.2) is 5.78 Å². The molecule has 0 saturated carbocycles. The van der Waals surface area contributed by atoms with Crippen LogP contribution in [0.15, 0.2) is 54.6 Å². The number of urea groups is 1. The minimum absolute atomic E-state index is 0.237. The normalized spacial score (nSPS) is 19.6. The van der Waals surface area contributed by atoms with Crippen molar-refractivity contribution in [2.24, 2.45) is 0 Å². The first kappa shape index (κ1) is 17.4. The van der Waals surface area contributed by atoms with Gasteiger partial charge in [-0.3, -0.25) is 14.5 Å². The van der Waals surface area contributed by atoms with E-state index >= 15 is 0 Å². The highest BCUT2D eigenvalue weighted by atomic mass is 32.1. The molecule has 1 fully saturated rings. The van der Waals surface area contributed by atoms with Crippen molar-refractivity contribution in [2.75, 3.05) is 6.54 Å². The van der Waals surface area contributed by atoms with E-state index in [1.54, 1.807) is 13.0 Å². The van der Waals surface area contributed by atoms with E-state index < -0.39 is 17.5 Å². The quantitative estimate of drug-likeness (QED) is 0.554. The van der Waals surface area contributed by atoms with Crippen LogP contribution in [0.1, 0.15) is 27.0 Å². The summed E-state index contributed by atoms with van der Waals surface area (Å²) >= 11 is 1.36. The fourth-order valence-corrected chi connectivity index (χ4v) is 4.29. The molecule has 0 bridgehead atoms. The Balaban J connectivity index is 1.68. The first-order valence-electron chi connectivity index (χ1n) is 8.62. The number of thiophene rings is 1. The topological polar surface area (TPSA) is 66.5 Å². The molecule has 3 aromatic rings. The molecule has 0 spiro atoms. The van der Waals surface area contributed by atoms with Crippen molar-refractivity contribution < 1.29 is 14.4 Å². The summed E-state index contributed by atoms with van der Waals surface area (Å²) in [5.41, 5.74) is -0.482. The summed E-state index contributed by atoms with van der Waals surface area (Å²) in [6.07, 6.45) is 0. The van der Waals surface area contributed by atoms with Gasteiger partial charge in [0.2, 0.25) is 0 Å². The van der Waals surface area contributed by atoms with Crippen molar-refractivity contribution in [1.29, 1.82) is 0 Å². The first-order chi connectivity index (χ1) is 12.9. The van der Waals surface area contributed by atoms with Gasteiger partial charge in [0.1, 0.15) is 5.54 Å². The molecule has 1 N–H and O–H groups in total. The Hall–Kier alpha value is -2.99. The fourth-order valence-electron chi connectivity index (χ4n) is 3.49. The molecular formula is C21H18N2O3S. The standard InChI is InChI=1S/C21H18N2O3S/c1-13-10-11-18(27-13)17(24)12-23-19(25)21(2,22-20(23)26)16-9-5-7-14-6-3-4-8-15(14)16/h3-11H,12H2,1-2H3,(H,22,26)/t21-/m0/s1. The molecule has 0 unspecified atom stereocenters. The average Bonchev–Trinajstić information content (AvgIpc) is 3.19. The van der Waals surface area contributed by atoms with Gasteiger partial charge in [-0.05, 0) is 42.3 Å². The summed E-state index contributed by atoms with van der Waals surface area (Å²) in [6, 6.07) is 16.4. The van der Waals surface area contributed by atoms with Gasteiger partial charge < -0.3 is 5.32 Å². The monoisotopic (exact) mass is 378 g/mol. The highest BCUT2D eigenvalue weighted by molar-refractivity contribution is 7.14. The summed E-state index contributed by atoms with van der Waals surface area (Å²) in [5.74, 6) is -0.649. The number of imide groups is 1. The van der Waals surface area contributed by atoms with Crippen LogP contribution in [0.25, 0.3) is 10.8 Å². The zero-order chi connectivity index (χ0) is 19.2. The minimum Gasteiger partial charge on any atom is -0.319 e. The number of hydrogen-bond donors (Lipinski definition) is 1. The maximum absolute atomic E-state index is 13.1. The molecule has 1 saturated heterocycles. The SMILES string of the molecule is Cc1ccc(C(=O)CN2C(=O)N[C@@](C)(c3cccc4ccccc34)C2=O)s1. The van der Waals surface area contributed by atoms with Crippen molar-refractivity contribution in [2.45, 2.75) is 19.4 Å². The number of amides is 3. The van der Waals surface area contributed by atoms with Gasteiger partial charge in [0, 0.05) is 4.88 Å². The van der Waals surface area contributed by atoms with Crippen molar-refractivity contribution in [1.82, 2.24) is 10.2 Å². The highest BCUT2D eigenvalue weighted by Gasteiger charge is 2.50. The molecule has 2 heterocycles. The smallest absolute Gasteiger partial charge is 0.319 e. The van der Waals surface area contributed by atoms with Crippen LogP contribution in [-0.4, -0.2) is 29.2 Å². The van der Waals surface area contributed by atoms with E-state index in [0.717, 1.165) is 26.1 Å². The Bertz CT molecular complexity index is 1080. The molecule has 1 atom stereocenters. The van der Waals surface area contributed by atoms with Gasteiger partial charge in [0.25, 0.3) is 5.91 Å². The molecule has 1 aliphatic heterocycles. The lowest BCUT2D eigenvalue weighted by Crippen LogP contribution is -2.41. The second kappa shape index (κ2) is 6.32. The number of aryl methyl sites for hydroxylation is 1. The van der Waals surface area contributed by atoms with Crippen molar-refractivity contribution in [3.8, 4) is 0 Å². The molecule has 1 aliphatic rings. The van der Waals surface area contributed by atoms with Crippen LogP contribution in [-0.2, 0) is 10.3 Å². The molecule has 2 aromatic carbocycles. The van der Waals surface area contributed by atoms with Crippen LogP contribution in [0, 0.1) is 6.92 Å². The Morgan fingerprint density at radius 2 is 1.81 bits per heavy atom. The van der Waals surface area contributed by atoms with Crippen LogP contribution < -0.4 is 5.32 Å². The number of ketones is 1. The van der Waals surface area contributed by atoms with Crippen molar-refractivity contribution >= 4 is 39.8 Å². The number of hydrogen-bond acceptors (Lipinski definition) is 4. The number of nitrogens with zero attached hydrogens (tertiary/aromatic N) is 1. The lowest BCUT2D eigenvalue weighted by atomic mass is 9.88. The Morgan fingerprint density at radius 1 is 1.07 bits per heavy atom. The van der Waals surface area contributed by atoms with Crippen molar-refractivity contribution in [3.05, 3.63) is 69.9 Å². The molecule has 0 aliphatic carbocycles. The molecule has 5 nitrogen and oxygen atoms in total. The zero-order valence-electron chi connectivity index (χ0n) is 15.0. The lowest BCUT2D eigenvalue weighted by Gasteiger charge is -2.24. The summed E-state index contributed by atoms with van der Waals surface area (Å²) < 4.78 is 0. The van der Waals surface area contributed by atoms with Crippen LogP contribution in [0.5, 0.6) is 0 Å². The minimum atomic E-state index is -1.20.